The van der Waals surface area contributed by atoms with Crippen molar-refractivity contribution in [3.63, 3.8) is 0 Å². The van der Waals surface area contributed by atoms with Crippen LogP contribution in [0.4, 0.5) is 0 Å². The van der Waals surface area contributed by atoms with Crippen LogP contribution in [0.3, 0.4) is 0 Å². The standard InChI is InChI=1S/C17H23Cl2N5O2S/c1-12-4-6-14(7-5-12)27(25,26)23-9-8-21-17(20-2)22-11-13-10-15(18)16(19)24(13)3/h4-7,10,23H,8-9,11H2,1-3H3,(H2,20,21,22). The van der Waals surface area contributed by atoms with Crippen LogP contribution < -0.4 is 15.4 Å². The summed E-state index contributed by atoms with van der Waals surface area (Å²) in [6.07, 6.45) is 0. The van der Waals surface area contributed by atoms with Crippen molar-refractivity contribution in [1.82, 2.24) is 19.9 Å². The molecule has 10 heteroatoms. The van der Waals surface area contributed by atoms with Crippen molar-refractivity contribution >= 4 is 39.2 Å². The summed E-state index contributed by atoms with van der Waals surface area (Å²) in [6.45, 7) is 2.97. The second-order valence-electron chi connectivity index (χ2n) is 5.90. The number of aliphatic imine (C=N–C) groups is 1. The lowest BCUT2D eigenvalue weighted by molar-refractivity contribution is 0.580. The van der Waals surface area contributed by atoms with E-state index in [2.05, 4.69) is 20.3 Å². The molecule has 0 bridgehead atoms. The molecule has 0 radical (unpaired) electrons. The first-order chi connectivity index (χ1) is 12.7. The van der Waals surface area contributed by atoms with Gasteiger partial charge in [0.05, 0.1) is 16.5 Å². The van der Waals surface area contributed by atoms with Crippen LogP contribution in [0.15, 0.2) is 40.2 Å². The monoisotopic (exact) mass is 431 g/mol. The Morgan fingerprint density at radius 3 is 2.37 bits per heavy atom. The van der Waals surface area contributed by atoms with Crippen molar-refractivity contribution in [2.24, 2.45) is 12.0 Å². The fourth-order valence-electron chi connectivity index (χ4n) is 2.32. The van der Waals surface area contributed by atoms with Crippen LogP contribution in [0.1, 0.15) is 11.3 Å². The molecule has 2 rings (SSSR count). The second kappa shape index (κ2) is 9.45. The molecule has 2 aromatic rings. The molecule has 1 heterocycles. The number of hydrogen-bond acceptors (Lipinski definition) is 3. The summed E-state index contributed by atoms with van der Waals surface area (Å²) in [6, 6.07) is 8.48. The van der Waals surface area contributed by atoms with Crippen LogP contribution in [0, 0.1) is 6.92 Å². The molecule has 148 valence electrons. The molecular formula is C17H23Cl2N5O2S. The summed E-state index contributed by atoms with van der Waals surface area (Å²) in [5, 5.41) is 7.14. The summed E-state index contributed by atoms with van der Waals surface area (Å²) in [5.41, 5.74) is 1.90. The van der Waals surface area contributed by atoms with Crippen molar-refractivity contribution in [3.05, 3.63) is 51.8 Å². The van der Waals surface area contributed by atoms with Crippen LogP contribution >= 0.6 is 23.2 Å². The van der Waals surface area contributed by atoms with Crippen LogP contribution in [-0.4, -0.2) is 39.1 Å². The Kier molecular flexibility index (Phi) is 7.55. The Bertz CT molecular complexity index is 908. The van der Waals surface area contributed by atoms with Gasteiger partial charge in [-0.1, -0.05) is 40.9 Å². The first-order valence-electron chi connectivity index (χ1n) is 8.25. The lowest BCUT2D eigenvalue weighted by Crippen LogP contribution is -2.41. The van der Waals surface area contributed by atoms with Gasteiger partial charge in [-0.05, 0) is 25.1 Å². The molecular weight excluding hydrogens is 409 g/mol. The average molecular weight is 432 g/mol. The first-order valence-corrected chi connectivity index (χ1v) is 10.5. The quantitative estimate of drug-likeness (QED) is 0.356. The highest BCUT2D eigenvalue weighted by Gasteiger charge is 2.13. The molecule has 0 amide bonds. The lowest BCUT2D eigenvalue weighted by atomic mass is 10.2. The largest absolute Gasteiger partial charge is 0.355 e. The van der Waals surface area contributed by atoms with Crippen molar-refractivity contribution in [2.45, 2.75) is 18.4 Å². The van der Waals surface area contributed by atoms with E-state index in [1.165, 1.54) is 0 Å². The van der Waals surface area contributed by atoms with Gasteiger partial charge in [-0.25, -0.2) is 13.1 Å². The van der Waals surface area contributed by atoms with Gasteiger partial charge in [0.1, 0.15) is 5.15 Å². The van der Waals surface area contributed by atoms with E-state index in [0.29, 0.717) is 29.2 Å². The van der Waals surface area contributed by atoms with Gasteiger partial charge >= 0.3 is 0 Å². The molecule has 0 saturated carbocycles. The Balaban J connectivity index is 1.81. The number of aryl methyl sites for hydroxylation is 1. The number of benzene rings is 1. The minimum absolute atomic E-state index is 0.221. The van der Waals surface area contributed by atoms with Crippen molar-refractivity contribution in [3.8, 4) is 0 Å². The zero-order valence-electron chi connectivity index (χ0n) is 15.4. The van der Waals surface area contributed by atoms with Gasteiger partial charge in [-0.15, -0.1) is 0 Å². The number of aromatic nitrogens is 1. The van der Waals surface area contributed by atoms with E-state index in [9.17, 15) is 8.42 Å². The predicted molar refractivity (Wildman–Crippen MR) is 110 cm³/mol. The minimum atomic E-state index is -3.53. The van der Waals surface area contributed by atoms with Crippen LogP contribution in [-0.2, 0) is 23.6 Å². The van der Waals surface area contributed by atoms with E-state index < -0.39 is 10.0 Å². The third kappa shape index (κ3) is 5.87. The normalized spacial score (nSPS) is 12.3. The smallest absolute Gasteiger partial charge is 0.240 e. The Morgan fingerprint density at radius 2 is 1.81 bits per heavy atom. The summed E-state index contributed by atoms with van der Waals surface area (Å²) >= 11 is 12.0. The van der Waals surface area contributed by atoms with Crippen LogP contribution in [0.5, 0.6) is 0 Å². The number of sulfonamides is 1. The average Bonchev–Trinajstić information content (AvgIpc) is 2.88. The third-order valence-electron chi connectivity index (χ3n) is 3.92. The Hall–Kier alpha value is -1.74. The molecule has 1 aromatic heterocycles. The fraction of sp³-hybridized carbons (Fsp3) is 0.353. The maximum absolute atomic E-state index is 12.2. The summed E-state index contributed by atoms with van der Waals surface area (Å²) in [7, 11) is -0.0712. The van der Waals surface area contributed by atoms with E-state index in [1.54, 1.807) is 41.9 Å². The van der Waals surface area contributed by atoms with Crippen LogP contribution in [0.2, 0.25) is 10.2 Å². The molecule has 1 aromatic carbocycles. The SMILES string of the molecule is CN=C(NCCNS(=O)(=O)c1ccc(C)cc1)NCc1cc(Cl)c(Cl)n1C. The van der Waals surface area contributed by atoms with E-state index in [1.807, 2.05) is 14.0 Å². The molecule has 0 saturated heterocycles. The van der Waals surface area contributed by atoms with E-state index in [0.717, 1.165) is 11.3 Å². The molecule has 0 atom stereocenters. The lowest BCUT2D eigenvalue weighted by Gasteiger charge is -2.13. The van der Waals surface area contributed by atoms with Gasteiger partial charge in [-0.3, -0.25) is 4.99 Å². The van der Waals surface area contributed by atoms with E-state index in [4.69, 9.17) is 23.2 Å². The zero-order chi connectivity index (χ0) is 20.0. The molecule has 0 spiro atoms. The highest BCUT2D eigenvalue weighted by molar-refractivity contribution is 7.89. The van der Waals surface area contributed by atoms with Gasteiger partial charge in [0.25, 0.3) is 0 Å². The fourth-order valence-corrected chi connectivity index (χ4v) is 3.77. The maximum Gasteiger partial charge on any atom is 0.240 e. The maximum atomic E-state index is 12.2. The van der Waals surface area contributed by atoms with Gasteiger partial charge in [0, 0.05) is 32.9 Å². The highest BCUT2D eigenvalue weighted by Crippen LogP contribution is 2.24. The molecule has 0 aliphatic carbocycles. The number of nitrogens with one attached hydrogen (secondary N) is 3. The van der Waals surface area contributed by atoms with Gasteiger partial charge in [0.2, 0.25) is 10.0 Å². The highest BCUT2D eigenvalue weighted by atomic mass is 35.5. The Labute approximate surface area is 169 Å². The van der Waals surface area contributed by atoms with E-state index in [-0.39, 0.29) is 11.4 Å². The minimum Gasteiger partial charge on any atom is -0.355 e. The summed E-state index contributed by atoms with van der Waals surface area (Å²) in [4.78, 5) is 4.35. The predicted octanol–water partition coefficient (Wildman–Crippen LogP) is 2.28. The van der Waals surface area contributed by atoms with Crippen molar-refractivity contribution < 1.29 is 8.42 Å². The number of guanidine groups is 1. The van der Waals surface area contributed by atoms with Gasteiger partial charge in [0.15, 0.2) is 5.96 Å². The Morgan fingerprint density at radius 1 is 1.15 bits per heavy atom. The number of halogens is 2. The summed E-state index contributed by atoms with van der Waals surface area (Å²) in [5.74, 6) is 0.540. The molecule has 7 nitrogen and oxygen atoms in total. The molecule has 3 N–H and O–H groups in total. The molecule has 0 fully saturated rings. The number of hydrogen-bond donors (Lipinski definition) is 3. The molecule has 0 aliphatic rings. The van der Waals surface area contributed by atoms with Crippen LogP contribution in [0.25, 0.3) is 0 Å². The second-order valence-corrected chi connectivity index (χ2v) is 8.43. The summed E-state index contributed by atoms with van der Waals surface area (Å²) < 4.78 is 28.8. The van der Waals surface area contributed by atoms with Crippen molar-refractivity contribution in [1.29, 1.82) is 0 Å². The zero-order valence-corrected chi connectivity index (χ0v) is 17.7. The number of nitrogens with zero attached hydrogens (tertiary/aromatic N) is 2. The molecule has 0 aliphatic heterocycles. The topological polar surface area (TPSA) is 87.5 Å². The van der Waals surface area contributed by atoms with Gasteiger partial charge in [-0.2, -0.15) is 0 Å². The molecule has 27 heavy (non-hydrogen) atoms. The van der Waals surface area contributed by atoms with Crippen molar-refractivity contribution in [2.75, 3.05) is 20.1 Å². The van der Waals surface area contributed by atoms with E-state index >= 15 is 0 Å². The van der Waals surface area contributed by atoms with Gasteiger partial charge < -0.3 is 15.2 Å². The first kappa shape index (κ1) is 21.6. The molecule has 0 unspecified atom stereocenters. The number of rotatable bonds is 7. The third-order valence-corrected chi connectivity index (χ3v) is 6.24.